The Balaban J connectivity index is 1.25. The standard InChI is InChI=1S/C48H39N3/c1-32-13-5-8-18-41(32)46-31-45(34-14-3-2-4-15-34)50-48(51-46)40-29-38(33-22-24-35(25-23-33)44-21-11-12-26-49-44)28-39(30-40)47-42-19-9-6-16-36(42)27-37-17-7-10-20-43(37)47/h2-7,9-17,19-32,41,46H,8,18H2,1H3,(H,50,51). The van der Waals surface area contributed by atoms with E-state index in [1.54, 1.807) is 0 Å². The van der Waals surface area contributed by atoms with Gasteiger partial charge in [-0.25, -0.2) is 0 Å². The minimum atomic E-state index is 0.0690. The first kappa shape index (κ1) is 31.0. The summed E-state index contributed by atoms with van der Waals surface area (Å²) in [7, 11) is 0. The summed E-state index contributed by atoms with van der Waals surface area (Å²) in [6.45, 7) is 2.34. The van der Waals surface area contributed by atoms with Crippen LogP contribution in [0.3, 0.4) is 0 Å². The van der Waals surface area contributed by atoms with Crippen LogP contribution in [0.2, 0.25) is 0 Å². The number of hydrogen-bond donors (Lipinski definition) is 1. The first-order chi connectivity index (χ1) is 25.2. The van der Waals surface area contributed by atoms with Gasteiger partial charge in [0.25, 0.3) is 0 Å². The second kappa shape index (κ2) is 13.3. The second-order valence-corrected chi connectivity index (χ2v) is 13.9. The Bertz CT molecular complexity index is 2400. The maximum absolute atomic E-state index is 5.54. The molecule has 0 fully saturated rings. The molecule has 7 aromatic rings. The number of rotatable bonds is 6. The molecular formula is C48H39N3. The topological polar surface area (TPSA) is 37.3 Å². The Morgan fingerprint density at radius 3 is 1.98 bits per heavy atom. The third-order valence-electron chi connectivity index (χ3n) is 10.6. The fourth-order valence-corrected chi connectivity index (χ4v) is 7.96. The summed E-state index contributed by atoms with van der Waals surface area (Å²) in [5.74, 6) is 1.82. The number of aliphatic imine (C=N–C) groups is 1. The van der Waals surface area contributed by atoms with Crippen LogP contribution >= 0.6 is 0 Å². The van der Waals surface area contributed by atoms with Crippen molar-refractivity contribution in [2.45, 2.75) is 25.8 Å². The molecule has 9 rings (SSSR count). The maximum Gasteiger partial charge on any atom is 0.133 e. The lowest BCUT2D eigenvalue weighted by atomic mass is 9.79. The van der Waals surface area contributed by atoms with Crippen LogP contribution in [0.5, 0.6) is 0 Å². The number of pyridine rings is 1. The zero-order valence-corrected chi connectivity index (χ0v) is 28.7. The summed E-state index contributed by atoms with van der Waals surface area (Å²) >= 11 is 0. The molecule has 3 unspecified atom stereocenters. The number of nitrogens with zero attached hydrogens (tertiary/aromatic N) is 2. The van der Waals surface area contributed by atoms with Crippen molar-refractivity contribution >= 4 is 33.1 Å². The first-order valence-electron chi connectivity index (χ1n) is 18.0. The molecule has 1 aliphatic heterocycles. The third kappa shape index (κ3) is 6.06. The lowest BCUT2D eigenvalue weighted by Gasteiger charge is -2.32. The van der Waals surface area contributed by atoms with Gasteiger partial charge in [0.2, 0.25) is 0 Å². The van der Waals surface area contributed by atoms with E-state index in [2.05, 4.69) is 169 Å². The molecule has 0 saturated heterocycles. The number of fused-ring (bicyclic) bond motifs is 2. The van der Waals surface area contributed by atoms with Crippen LogP contribution in [0.25, 0.3) is 60.8 Å². The molecule has 0 saturated carbocycles. The van der Waals surface area contributed by atoms with Gasteiger partial charge in [0.05, 0.1) is 11.7 Å². The molecule has 0 amide bonds. The van der Waals surface area contributed by atoms with Gasteiger partial charge in [-0.1, -0.05) is 128 Å². The average Bonchev–Trinajstić information content (AvgIpc) is 3.20. The van der Waals surface area contributed by atoms with Gasteiger partial charge in [-0.3, -0.25) is 9.98 Å². The maximum atomic E-state index is 5.54. The highest BCUT2D eigenvalue weighted by Gasteiger charge is 2.29. The normalized spacial score (nSPS) is 18.6. The summed E-state index contributed by atoms with van der Waals surface area (Å²) in [4.78, 5) is 10.1. The molecule has 6 aromatic carbocycles. The van der Waals surface area contributed by atoms with Crippen molar-refractivity contribution in [1.82, 2.24) is 10.3 Å². The van der Waals surface area contributed by atoms with Gasteiger partial charge in [-0.2, -0.15) is 0 Å². The summed E-state index contributed by atoms with van der Waals surface area (Å²) < 4.78 is 0. The zero-order chi connectivity index (χ0) is 34.1. The van der Waals surface area contributed by atoms with Crippen LogP contribution in [-0.4, -0.2) is 16.9 Å². The smallest absolute Gasteiger partial charge is 0.133 e. The van der Waals surface area contributed by atoms with Gasteiger partial charge in [-0.15, -0.1) is 0 Å². The highest BCUT2D eigenvalue weighted by atomic mass is 15.0. The summed E-state index contributed by atoms with van der Waals surface area (Å²) in [5, 5.41) is 8.78. The molecule has 3 heteroatoms. The van der Waals surface area contributed by atoms with E-state index in [1.165, 1.54) is 38.2 Å². The fourth-order valence-electron chi connectivity index (χ4n) is 7.96. The molecule has 3 nitrogen and oxygen atoms in total. The van der Waals surface area contributed by atoms with Crippen molar-refractivity contribution in [3.05, 3.63) is 181 Å². The van der Waals surface area contributed by atoms with Gasteiger partial charge >= 0.3 is 0 Å². The zero-order valence-electron chi connectivity index (χ0n) is 28.7. The predicted molar refractivity (Wildman–Crippen MR) is 214 cm³/mol. The van der Waals surface area contributed by atoms with E-state index < -0.39 is 0 Å². The molecule has 2 heterocycles. The molecule has 1 aliphatic carbocycles. The number of allylic oxidation sites excluding steroid dienone is 2. The van der Waals surface area contributed by atoms with E-state index in [1.807, 2.05) is 18.3 Å². The Kier molecular flexibility index (Phi) is 8.10. The molecular weight excluding hydrogens is 619 g/mol. The predicted octanol–water partition coefficient (Wildman–Crippen LogP) is 11.8. The van der Waals surface area contributed by atoms with Crippen molar-refractivity contribution < 1.29 is 0 Å². The van der Waals surface area contributed by atoms with Crippen LogP contribution in [0.15, 0.2) is 175 Å². The highest BCUT2D eigenvalue weighted by Crippen LogP contribution is 2.40. The molecule has 51 heavy (non-hydrogen) atoms. The van der Waals surface area contributed by atoms with Crippen molar-refractivity contribution in [2.75, 3.05) is 0 Å². The lowest BCUT2D eigenvalue weighted by molar-refractivity contribution is 0.345. The Hall–Kier alpha value is -6.06. The Morgan fingerprint density at radius 1 is 0.588 bits per heavy atom. The molecule has 0 radical (unpaired) electrons. The minimum absolute atomic E-state index is 0.0690. The largest absolute Gasteiger partial charge is 0.340 e. The molecule has 3 atom stereocenters. The van der Waals surface area contributed by atoms with Crippen molar-refractivity contribution in [2.24, 2.45) is 16.8 Å². The van der Waals surface area contributed by atoms with Gasteiger partial charge in [-0.05, 0) is 117 Å². The lowest BCUT2D eigenvalue weighted by Crippen LogP contribution is -2.35. The highest BCUT2D eigenvalue weighted by molar-refractivity contribution is 6.14. The van der Waals surface area contributed by atoms with Gasteiger partial charge in [0.1, 0.15) is 5.84 Å². The fraction of sp³-hybridized carbons (Fsp3) is 0.125. The van der Waals surface area contributed by atoms with E-state index >= 15 is 0 Å². The van der Waals surface area contributed by atoms with Crippen LogP contribution in [0.1, 0.15) is 30.9 Å². The van der Waals surface area contributed by atoms with Crippen molar-refractivity contribution in [3.63, 3.8) is 0 Å². The van der Waals surface area contributed by atoms with Crippen molar-refractivity contribution in [3.8, 4) is 33.5 Å². The molecule has 0 bridgehead atoms. The quantitative estimate of drug-likeness (QED) is 0.143. The molecule has 0 spiro atoms. The average molecular weight is 658 g/mol. The molecule has 1 N–H and O–H groups in total. The SMILES string of the molecule is CC1C=CCCC1C1C=C(c2ccccc2)NC(c2cc(-c3ccc(-c4ccccn4)cc3)cc(-c3c4ccccc4cc4ccccc34)c2)=N1. The number of benzene rings is 6. The van der Waals surface area contributed by atoms with E-state index in [9.17, 15) is 0 Å². The summed E-state index contributed by atoms with van der Waals surface area (Å²) in [5.41, 5.74) is 10.2. The van der Waals surface area contributed by atoms with E-state index in [-0.39, 0.29) is 6.04 Å². The number of aromatic nitrogens is 1. The number of nitrogens with one attached hydrogen (secondary N) is 1. The Morgan fingerprint density at radius 2 is 1.25 bits per heavy atom. The summed E-state index contributed by atoms with van der Waals surface area (Å²) in [6.07, 6.45) is 11.1. The minimum Gasteiger partial charge on any atom is -0.340 e. The molecule has 1 aromatic heterocycles. The van der Waals surface area contributed by atoms with E-state index in [0.717, 1.165) is 52.3 Å². The van der Waals surface area contributed by atoms with E-state index in [4.69, 9.17) is 4.99 Å². The van der Waals surface area contributed by atoms with Crippen molar-refractivity contribution in [1.29, 1.82) is 0 Å². The van der Waals surface area contributed by atoms with Crippen LogP contribution in [0.4, 0.5) is 0 Å². The molecule has 2 aliphatic rings. The van der Waals surface area contributed by atoms with Gasteiger partial charge < -0.3 is 5.32 Å². The van der Waals surface area contributed by atoms with Crippen LogP contribution < -0.4 is 5.32 Å². The van der Waals surface area contributed by atoms with Gasteiger partial charge in [0, 0.05) is 23.0 Å². The number of amidine groups is 1. The number of hydrogen-bond acceptors (Lipinski definition) is 3. The first-order valence-corrected chi connectivity index (χ1v) is 18.0. The Labute approximate surface area is 299 Å². The van der Waals surface area contributed by atoms with Crippen LogP contribution in [0, 0.1) is 11.8 Å². The van der Waals surface area contributed by atoms with Gasteiger partial charge in [0.15, 0.2) is 0 Å². The summed E-state index contributed by atoms with van der Waals surface area (Å²) in [6, 6.07) is 52.5. The van der Waals surface area contributed by atoms with E-state index in [0.29, 0.717) is 11.8 Å². The van der Waals surface area contributed by atoms with Crippen LogP contribution in [-0.2, 0) is 0 Å². The second-order valence-electron chi connectivity index (χ2n) is 13.9. The molecule has 246 valence electrons. The monoisotopic (exact) mass is 657 g/mol. The third-order valence-corrected chi connectivity index (χ3v) is 10.6.